The van der Waals surface area contributed by atoms with Gasteiger partial charge in [-0.15, -0.1) is 0 Å². The topological polar surface area (TPSA) is 58.6 Å². The standard InChI is InChI=1S/C12H15N5/c1-16-9-11(6-12(16)7-13)8-14-2-4-17-5-3-15-10-17/h3,5-6,9-10,14H,2,4,8H2,1H3. The van der Waals surface area contributed by atoms with E-state index in [4.69, 9.17) is 5.26 Å². The van der Waals surface area contributed by atoms with Crippen LogP contribution in [0.15, 0.2) is 31.0 Å². The molecule has 0 unspecified atom stereocenters. The van der Waals surface area contributed by atoms with Gasteiger partial charge >= 0.3 is 0 Å². The van der Waals surface area contributed by atoms with Crippen molar-refractivity contribution >= 4 is 0 Å². The molecule has 0 atom stereocenters. The van der Waals surface area contributed by atoms with Crippen LogP contribution in [-0.2, 0) is 20.1 Å². The zero-order valence-corrected chi connectivity index (χ0v) is 9.80. The van der Waals surface area contributed by atoms with Crippen LogP contribution < -0.4 is 5.32 Å². The molecular weight excluding hydrogens is 214 g/mol. The van der Waals surface area contributed by atoms with Crippen LogP contribution in [-0.4, -0.2) is 20.7 Å². The van der Waals surface area contributed by atoms with Crippen LogP contribution in [0.5, 0.6) is 0 Å². The van der Waals surface area contributed by atoms with Crippen molar-refractivity contribution in [2.45, 2.75) is 13.1 Å². The predicted molar refractivity (Wildman–Crippen MR) is 64.1 cm³/mol. The molecule has 2 rings (SSSR count). The Balaban J connectivity index is 1.76. The van der Waals surface area contributed by atoms with Crippen molar-refractivity contribution in [2.75, 3.05) is 6.54 Å². The number of aryl methyl sites for hydroxylation is 1. The van der Waals surface area contributed by atoms with Gasteiger partial charge in [-0.2, -0.15) is 5.26 Å². The summed E-state index contributed by atoms with van der Waals surface area (Å²) in [5.41, 5.74) is 1.83. The zero-order valence-electron chi connectivity index (χ0n) is 9.80. The third-order valence-corrected chi connectivity index (χ3v) is 2.61. The molecule has 0 fully saturated rings. The molecule has 2 heterocycles. The van der Waals surface area contributed by atoms with E-state index in [1.807, 2.05) is 34.6 Å². The van der Waals surface area contributed by atoms with Crippen LogP contribution in [0.4, 0.5) is 0 Å². The highest BCUT2D eigenvalue weighted by molar-refractivity contribution is 5.28. The second-order valence-corrected chi connectivity index (χ2v) is 3.93. The number of imidazole rings is 1. The third-order valence-electron chi connectivity index (χ3n) is 2.61. The van der Waals surface area contributed by atoms with Crippen molar-refractivity contribution < 1.29 is 0 Å². The first-order chi connectivity index (χ1) is 8.29. The summed E-state index contributed by atoms with van der Waals surface area (Å²) in [6, 6.07) is 4.06. The predicted octanol–water partition coefficient (Wildman–Crippen LogP) is 0.883. The van der Waals surface area contributed by atoms with E-state index in [1.165, 1.54) is 0 Å². The van der Waals surface area contributed by atoms with E-state index in [2.05, 4.69) is 16.4 Å². The number of aromatic nitrogens is 3. The lowest BCUT2D eigenvalue weighted by Gasteiger charge is -2.03. The van der Waals surface area contributed by atoms with Gasteiger partial charge < -0.3 is 14.5 Å². The lowest BCUT2D eigenvalue weighted by Crippen LogP contribution is -2.18. The van der Waals surface area contributed by atoms with Crippen LogP contribution in [0, 0.1) is 11.3 Å². The van der Waals surface area contributed by atoms with E-state index in [-0.39, 0.29) is 0 Å². The summed E-state index contributed by atoms with van der Waals surface area (Å²) in [6.45, 7) is 2.56. The Labute approximate surface area is 100 Å². The maximum Gasteiger partial charge on any atom is 0.120 e. The van der Waals surface area contributed by atoms with Crippen molar-refractivity contribution in [3.8, 4) is 6.07 Å². The molecular formula is C12H15N5. The molecule has 0 aliphatic heterocycles. The molecule has 0 spiro atoms. The molecule has 2 aromatic rings. The second-order valence-electron chi connectivity index (χ2n) is 3.93. The number of nitriles is 1. The van der Waals surface area contributed by atoms with Gasteiger partial charge in [-0.1, -0.05) is 0 Å². The normalized spacial score (nSPS) is 10.4. The van der Waals surface area contributed by atoms with Crippen LogP contribution in [0.25, 0.3) is 0 Å². The van der Waals surface area contributed by atoms with Gasteiger partial charge in [0.25, 0.3) is 0 Å². The van der Waals surface area contributed by atoms with Crippen molar-refractivity contribution in [2.24, 2.45) is 7.05 Å². The molecule has 0 amide bonds. The fourth-order valence-electron chi connectivity index (χ4n) is 1.70. The minimum atomic E-state index is 0.691. The van der Waals surface area contributed by atoms with E-state index in [9.17, 15) is 0 Å². The van der Waals surface area contributed by atoms with E-state index in [1.54, 1.807) is 12.5 Å². The molecule has 5 heteroatoms. The summed E-state index contributed by atoms with van der Waals surface area (Å²) in [4.78, 5) is 3.98. The fraction of sp³-hybridized carbons (Fsp3) is 0.333. The average molecular weight is 229 g/mol. The molecule has 0 saturated heterocycles. The quantitative estimate of drug-likeness (QED) is 0.774. The molecule has 0 saturated carbocycles. The van der Waals surface area contributed by atoms with Gasteiger partial charge in [0.1, 0.15) is 11.8 Å². The first-order valence-electron chi connectivity index (χ1n) is 5.51. The van der Waals surface area contributed by atoms with E-state index < -0.39 is 0 Å². The Morgan fingerprint density at radius 3 is 3.06 bits per heavy atom. The monoisotopic (exact) mass is 229 g/mol. The first kappa shape index (κ1) is 11.4. The summed E-state index contributed by atoms with van der Waals surface area (Å²) in [5, 5.41) is 12.2. The molecule has 0 radical (unpaired) electrons. The van der Waals surface area contributed by atoms with Gasteiger partial charge in [-0.25, -0.2) is 4.98 Å². The van der Waals surface area contributed by atoms with Crippen LogP contribution in [0.1, 0.15) is 11.3 Å². The Morgan fingerprint density at radius 1 is 1.53 bits per heavy atom. The summed E-state index contributed by atoms with van der Waals surface area (Å²) in [6.07, 6.45) is 7.50. The van der Waals surface area contributed by atoms with E-state index in [0.717, 1.165) is 25.2 Å². The van der Waals surface area contributed by atoms with Crippen LogP contribution >= 0.6 is 0 Å². The Kier molecular flexibility index (Phi) is 3.58. The number of hydrogen-bond acceptors (Lipinski definition) is 3. The Bertz CT molecular complexity index is 503. The lowest BCUT2D eigenvalue weighted by molar-refractivity contribution is 0.597. The maximum absolute atomic E-state index is 8.83. The highest BCUT2D eigenvalue weighted by Crippen LogP contribution is 2.05. The van der Waals surface area contributed by atoms with Crippen molar-refractivity contribution in [1.29, 1.82) is 5.26 Å². The molecule has 17 heavy (non-hydrogen) atoms. The van der Waals surface area contributed by atoms with E-state index >= 15 is 0 Å². The summed E-state index contributed by atoms with van der Waals surface area (Å²) < 4.78 is 3.87. The average Bonchev–Trinajstić information content (AvgIpc) is 2.94. The summed E-state index contributed by atoms with van der Waals surface area (Å²) >= 11 is 0. The highest BCUT2D eigenvalue weighted by atomic mass is 15.0. The van der Waals surface area contributed by atoms with Crippen molar-refractivity contribution in [3.05, 3.63) is 42.2 Å². The molecule has 1 N–H and O–H groups in total. The van der Waals surface area contributed by atoms with Gasteiger partial charge in [0.2, 0.25) is 0 Å². The molecule has 0 aliphatic rings. The van der Waals surface area contributed by atoms with Gasteiger partial charge in [-0.3, -0.25) is 0 Å². The first-order valence-corrected chi connectivity index (χ1v) is 5.51. The molecule has 0 aliphatic carbocycles. The van der Waals surface area contributed by atoms with Gasteiger partial charge in [0.05, 0.1) is 6.33 Å². The van der Waals surface area contributed by atoms with Crippen molar-refractivity contribution in [1.82, 2.24) is 19.4 Å². The largest absolute Gasteiger partial charge is 0.342 e. The Morgan fingerprint density at radius 2 is 2.41 bits per heavy atom. The molecule has 0 bridgehead atoms. The smallest absolute Gasteiger partial charge is 0.120 e. The number of hydrogen-bond donors (Lipinski definition) is 1. The third kappa shape index (κ3) is 2.95. The van der Waals surface area contributed by atoms with Gasteiger partial charge in [0, 0.05) is 45.3 Å². The molecule has 0 aromatic carbocycles. The van der Waals surface area contributed by atoms with Crippen LogP contribution in [0.2, 0.25) is 0 Å². The molecule has 5 nitrogen and oxygen atoms in total. The molecule has 2 aromatic heterocycles. The van der Waals surface area contributed by atoms with E-state index in [0.29, 0.717) is 5.69 Å². The fourth-order valence-corrected chi connectivity index (χ4v) is 1.70. The second kappa shape index (κ2) is 5.32. The lowest BCUT2D eigenvalue weighted by atomic mass is 10.3. The van der Waals surface area contributed by atoms with Gasteiger partial charge in [0.15, 0.2) is 0 Å². The summed E-state index contributed by atoms with van der Waals surface area (Å²) in [5.74, 6) is 0. The SMILES string of the molecule is Cn1cc(CNCCn2ccnc2)cc1C#N. The number of rotatable bonds is 5. The Hall–Kier alpha value is -2.06. The number of nitrogens with zero attached hydrogens (tertiary/aromatic N) is 4. The number of nitrogens with one attached hydrogen (secondary N) is 1. The highest BCUT2D eigenvalue weighted by Gasteiger charge is 2.01. The zero-order chi connectivity index (χ0) is 12.1. The molecule has 88 valence electrons. The van der Waals surface area contributed by atoms with Crippen molar-refractivity contribution in [3.63, 3.8) is 0 Å². The van der Waals surface area contributed by atoms with Gasteiger partial charge in [-0.05, 0) is 11.6 Å². The maximum atomic E-state index is 8.83. The minimum absolute atomic E-state index is 0.691. The summed E-state index contributed by atoms with van der Waals surface area (Å²) in [7, 11) is 1.88. The minimum Gasteiger partial charge on any atom is -0.342 e. The van der Waals surface area contributed by atoms with Crippen LogP contribution in [0.3, 0.4) is 0 Å².